The third-order valence-electron chi connectivity index (χ3n) is 4.84. The van der Waals surface area contributed by atoms with Gasteiger partial charge in [-0.05, 0) is 44.1 Å². The summed E-state index contributed by atoms with van der Waals surface area (Å²) in [6.07, 6.45) is 5.18. The number of benzene rings is 1. The fourth-order valence-corrected chi connectivity index (χ4v) is 3.36. The summed E-state index contributed by atoms with van der Waals surface area (Å²) in [4.78, 5) is 28.2. The van der Waals surface area contributed by atoms with Crippen LogP contribution < -0.4 is 5.32 Å². The first-order valence-electron chi connectivity index (χ1n) is 8.66. The number of hydrogen-bond acceptors (Lipinski definition) is 4. The molecule has 0 saturated carbocycles. The number of hydrogen-bond donors (Lipinski definition) is 1. The predicted octanol–water partition coefficient (Wildman–Crippen LogP) is 2.57. The minimum atomic E-state index is -0.406. The Balaban J connectivity index is 1.51. The quantitative estimate of drug-likeness (QED) is 0.865. The van der Waals surface area contributed by atoms with Gasteiger partial charge in [0, 0.05) is 24.8 Å². The van der Waals surface area contributed by atoms with Crippen LogP contribution in [-0.2, 0) is 4.74 Å². The van der Waals surface area contributed by atoms with E-state index in [4.69, 9.17) is 4.74 Å². The first kappa shape index (κ1) is 16.8. The molecule has 2 aliphatic heterocycles. The van der Waals surface area contributed by atoms with Gasteiger partial charge in [-0.25, -0.2) is 9.59 Å². The third kappa shape index (κ3) is 3.87. The van der Waals surface area contributed by atoms with Gasteiger partial charge < -0.3 is 15.0 Å². The van der Waals surface area contributed by atoms with Crippen molar-refractivity contribution in [3.8, 4) is 0 Å². The molecule has 0 atom stereocenters. The number of methoxy groups -OCH3 is 1. The van der Waals surface area contributed by atoms with Crippen molar-refractivity contribution in [3.05, 3.63) is 29.8 Å². The lowest BCUT2D eigenvalue weighted by Gasteiger charge is -2.45. The van der Waals surface area contributed by atoms with Gasteiger partial charge in [-0.3, -0.25) is 4.90 Å². The first-order chi connectivity index (χ1) is 11.7. The van der Waals surface area contributed by atoms with Crippen molar-refractivity contribution in [2.45, 2.75) is 31.7 Å². The summed E-state index contributed by atoms with van der Waals surface area (Å²) in [6, 6.07) is 7.20. The summed E-state index contributed by atoms with van der Waals surface area (Å²) in [5.74, 6) is -0.406. The molecule has 6 heteroatoms. The molecule has 130 valence electrons. The highest BCUT2D eigenvalue weighted by Gasteiger charge is 2.34. The second kappa shape index (κ2) is 7.66. The molecule has 2 heterocycles. The molecule has 2 fully saturated rings. The van der Waals surface area contributed by atoms with Crippen molar-refractivity contribution >= 4 is 17.7 Å². The lowest BCUT2D eigenvalue weighted by Crippen LogP contribution is -2.62. The molecule has 0 spiro atoms. The van der Waals surface area contributed by atoms with Gasteiger partial charge in [0.05, 0.1) is 12.7 Å². The van der Waals surface area contributed by atoms with Crippen LogP contribution in [0.3, 0.4) is 0 Å². The van der Waals surface area contributed by atoms with E-state index in [1.807, 2.05) is 4.90 Å². The van der Waals surface area contributed by atoms with E-state index in [9.17, 15) is 9.59 Å². The zero-order valence-electron chi connectivity index (χ0n) is 14.2. The molecular formula is C18H25N3O3. The number of nitrogens with zero attached hydrogens (tertiary/aromatic N) is 2. The van der Waals surface area contributed by atoms with Gasteiger partial charge >= 0.3 is 12.0 Å². The largest absolute Gasteiger partial charge is 0.465 e. The van der Waals surface area contributed by atoms with Crippen LogP contribution in [0.4, 0.5) is 10.5 Å². The zero-order valence-corrected chi connectivity index (χ0v) is 14.2. The molecule has 1 N–H and O–H groups in total. The minimum absolute atomic E-state index is 0.108. The van der Waals surface area contributed by atoms with Crippen molar-refractivity contribution in [2.75, 3.05) is 38.6 Å². The normalized spacial score (nSPS) is 19.3. The standard InChI is InChI=1S/C18H25N3O3/c1-24-17(22)14-7-6-8-15(11-14)19-18(23)21-12-16(13-21)20-9-4-2-3-5-10-20/h6-8,11,16H,2-5,9-10,12-13H2,1H3,(H,19,23). The third-order valence-corrected chi connectivity index (χ3v) is 4.84. The van der Waals surface area contributed by atoms with Crippen LogP contribution in [-0.4, -0.2) is 61.1 Å². The zero-order chi connectivity index (χ0) is 16.9. The van der Waals surface area contributed by atoms with Crippen LogP contribution in [0, 0.1) is 0 Å². The van der Waals surface area contributed by atoms with Gasteiger partial charge in [-0.1, -0.05) is 18.9 Å². The highest BCUT2D eigenvalue weighted by Crippen LogP contribution is 2.21. The molecule has 2 amide bonds. The minimum Gasteiger partial charge on any atom is -0.465 e. The summed E-state index contributed by atoms with van der Waals surface area (Å²) in [5, 5.41) is 2.86. The first-order valence-corrected chi connectivity index (χ1v) is 8.66. The number of rotatable bonds is 3. The number of esters is 1. The summed E-state index contributed by atoms with van der Waals surface area (Å²) in [5.41, 5.74) is 1.04. The number of ether oxygens (including phenoxy) is 1. The molecular weight excluding hydrogens is 306 g/mol. The highest BCUT2D eigenvalue weighted by atomic mass is 16.5. The Morgan fingerprint density at radius 1 is 1.12 bits per heavy atom. The van der Waals surface area contributed by atoms with Gasteiger partial charge in [-0.2, -0.15) is 0 Å². The van der Waals surface area contributed by atoms with Crippen LogP contribution in [0.15, 0.2) is 24.3 Å². The Morgan fingerprint density at radius 2 is 1.83 bits per heavy atom. The highest BCUT2D eigenvalue weighted by molar-refractivity contribution is 5.94. The molecule has 3 rings (SSSR count). The summed E-state index contributed by atoms with van der Waals surface area (Å²) in [7, 11) is 1.34. The van der Waals surface area contributed by atoms with E-state index >= 15 is 0 Å². The van der Waals surface area contributed by atoms with Crippen LogP contribution in [0.2, 0.25) is 0 Å². The van der Waals surface area contributed by atoms with E-state index < -0.39 is 5.97 Å². The molecule has 6 nitrogen and oxygen atoms in total. The van der Waals surface area contributed by atoms with Crippen LogP contribution in [0.1, 0.15) is 36.0 Å². The average molecular weight is 331 g/mol. The number of likely N-dealkylation sites (tertiary alicyclic amines) is 2. The van der Waals surface area contributed by atoms with Crippen molar-refractivity contribution in [1.29, 1.82) is 0 Å². The smallest absolute Gasteiger partial charge is 0.337 e. The van der Waals surface area contributed by atoms with Crippen molar-refractivity contribution in [1.82, 2.24) is 9.80 Å². The average Bonchev–Trinajstić information content (AvgIpc) is 2.82. The number of carbonyl (C=O) groups excluding carboxylic acids is 2. The lowest BCUT2D eigenvalue weighted by atomic mass is 10.1. The maximum atomic E-state index is 12.3. The fourth-order valence-electron chi connectivity index (χ4n) is 3.36. The number of anilines is 1. The number of urea groups is 1. The lowest BCUT2D eigenvalue weighted by molar-refractivity contribution is 0.0600. The van der Waals surface area contributed by atoms with E-state index in [1.54, 1.807) is 24.3 Å². The molecule has 0 unspecified atom stereocenters. The van der Waals surface area contributed by atoms with Gasteiger partial charge in [-0.15, -0.1) is 0 Å². The second-order valence-electron chi connectivity index (χ2n) is 6.51. The molecule has 1 aromatic carbocycles. The molecule has 1 aromatic rings. The Bertz CT molecular complexity index is 591. The Morgan fingerprint density at radius 3 is 2.50 bits per heavy atom. The van der Waals surface area contributed by atoms with Gasteiger partial charge in [0.1, 0.15) is 0 Å². The van der Waals surface area contributed by atoms with Gasteiger partial charge in [0.2, 0.25) is 0 Å². The molecule has 0 bridgehead atoms. The molecule has 0 aromatic heterocycles. The Labute approximate surface area is 142 Å². The van der Waals surface area contributed by atoms with E-state index in [2.05, 4.69) is 10.2 Å². The topological polar surface area (TPSA) is 61.9 Å². The fraction of sp³-hybridized carbons (Fsp3) is 0.556. The maximum absolute atomic E-state index is 12.3. The molecule has 2 aliphatic rings. The van der Waals surface area contributed by atoms with Gasteiger partial charge in [0.15, 0.2) is 0 Å². The molecule has 0 aliphatic carbocycles. The summed E-state index contributed by atoms with van der Waals surface area (Å²) in [6.45, 7) is 3.87. The predicted molar refractivity (Wildman–Crippen MR) is 92.2 cm³/mol. The number of amides is 2. The molecule has 2 saturated heterocycles. The van der Waals surface area contributed by atoms with E-state index in [0.717, 1.165) is 26.2 Å². The van der Waals surface area contributed by atoms with Crippen molar-refractivity contribution in [2.24, 2.45) is 0 Å². The van der Waals surface area contributed by atoms with Gasteiger partial charge in [0.25, 0.3) is 0 Å². The second-order valence-corrected chi connectivity index (χ2v) is 6.51. The van der Waals surface area contributed by atoms with Crippen LogP contribution in [0.25, 0.3) is 0 Å². The van der Waals surface area contributed by atoms with Crippen LogP contribution >= 0.6 is 0 Å². The number of carbonyl (C=O) groups is 2. The van der Waals surface area contributed by atoms with Crippen molar-refractivity contribution < 1.29 is 14.3 Å². The SMILES string of the molecule is COC(=O)c1cccc(NC(=O)N2CC(N3CCCCCC3)C2)c1. The van der Waals surface area contributed by atoms with E-state index in [-0.39, 0.29) is 6.03 Å². The summed E-state index contributed by atoms with van der Waals surface area (Å²) < 4.78 is 4.70. The number of nitrogens with one attached hydrogen (secondary N) is 1. The van der Waals surface area contributed by atoms with E-state index in [1.165, 1.54) is 32.8 Å². The molecule has 0 radical (unpaired) electrons. The van der Waals surface area contributed by atoms with Crippen molar-refractivity contribution in [3.63, 3.8) is 0 Å². The Hall–Kier alpha value is -2.08. The molecule has 24 heavy (non-hydrogen) atoms. The van der Waals surface area contributed by atoms with Crippen LogP contribution in [0.5, 0.6) is 0 Å². The Kier molecular flexibility index (Phi) is 5.35. The summed E-state index contributed by atoms with van der Waals surface area (Å²) >= 11 is 0. The van der Waals surface area contributed by atoms with E-state index in [0.29, 0.717) is 17.3 Å². The maximum Gasteiger partial charge on any atom is 0.337 e. The monoisotopic (exact) mass is 331 g/mol.